The zero-order chi connectivity index (χ0) is 21.8. The van der Waals surface area contributed by atoms with Crippen LogP contribution in [-0.2, 0) is 14.3 Å². The summed E-state index contributed by atoms with van der Waals surface area (Å²) in [6, 6.07) is 13.4. The Balaban J connectivity index is 1.45. The Morgan fingerprint density at radius 3 is 2.61 bits per heavy atom. The average molecular weight is 427 g/mol. The second-order valence-electron chi connectivity index (χ2n) is 7.67. The van der Waals surface area contributed by atoms with Crippen molar-refractivity contribution in [2.45, 2.75) is 19.1 Å². The van der Waals surface area contributed by atoms with E-state index in [4.69, 9.17) is 9.47 Å². The maximum atomic E-state index is 13.4. The van der Waals surface area contributed by atoms with Crippen LogP contribution in [0.2, 0.25) is 0 Å². The molecule has 164 valence electrons. The lowest BCUT2D eigenvalue weighted by molar-refractivity contribution is -0.128. The van der Waals surface area contributed by atoms with Gasteiger partial charge in [-0.25, -0.2) is 4.39 Å². The number of fused-ring (bicyclic) bond motifs is 1. The molecule has 31 heavy (non-hydrogen) atoms. The number of nitrogens with one attached hydrogen (secondary N) is 1. The first kappa shape index (κ1) is 21.3. The van der Waals surface area contributed by atoms with E-state index in [-0.39, 0.29) is 30.2 Å². The van der Waals surface area contributed by atoms with Crippen LogP contribution >= 0.6 is 0 Å². The van der Waals surface area contributed by atoms with Crippen molar-refractivity contribution in [3.05, 3.63) is 59.9 Å². The minimum absolute atomic E-state index is 0.0944. The van der Waals surface area contributed by atoms with Gasteiger partial charge >= 0.3 is 0 Å². The number of ether oxygens (including phenoxy) is 2. The lowest BCUT2D eigenvalue weighted by atomic mass is 10.0. The molecule has 2 amide bonds. The monoisotopic (exact) mass is 427 g/mol. The van der Waals surface area contributed by atoms with Crippen molar-refractivity contribution in [3.8, 4) is 5.75 Å². The number of amides is 2. The molecule has 0 radical (unpaired) electrons. The topological polar surface area (TPSA) is 71.1 Å². The molecule has 0 unspecified atom stereocenters. The van der Waals surface area contributed by atoms with E-state index in [1.54, 1.807) is 37.3 Å². The van der Waals surface area contributed by atoms with Crippen LogP contribution in [0.15, 0.2) is 48.5 Å². The summed E-state index contributed by atoms with van der Waals surface area (Å²) in [5.41, 5.74) is 1.51. The first-order valence-corrected chi connectivity index (χ1v) is 10.4. The van der Waals surface area contributed by atoms with Gasteiger partial charge in [0, 0.05) is 19.6 Å². The summed E-state index contributed by atoms with van der Waals surface area (Å²) in [5.74, 6) is -0.234. The summed E-state index contributed by atoms with van der Waals surface area (Å²) in [6.45, 7) is 4.61. The van der Waals surface area contributed by atoms with Crippen molar-refractivity contribution in [2.24, 2.45) is 0 Å². The highest BCUT2D eigenvalue weighted by atomic mass is 19.1. The van der Waals surface area contributed by atoms with Crippen LogP contribution in [0.4, 0.5) is 10.1 Å². The largest absolute Gasteiger partial charge is 0.479 e. The van der Waals surface area contributed by atoms with Gasteiger partial charge in [0.05, 0.1) is 24.9 Å². The predicted octanol–water partition coefficient (Wildman–Crippen LogP) is 2.13. The maximum Gasteiger partial charge on any atom is 0.268 e. The van der Waals surface area contributed by atoms with E-state index in [1.807, 2.05) is 6.07 Å². The molecule has 2 aromatic carbocycles. The summed E-state index contributed by atoms with van der Waals surface area (Å²) in [4.78, 5) is 29.1. The van der Waals surface area contributed by atoms with E-state index in [0.29, 0.717) is 31.2 Å². The number of nitrogens with zero attached hydrogens (tertiary/aromatic N) is 2. The average Bonchev–Trinajstić information content (AvgIpc) is 2.79. The van der Waals surface area contributed by atoms with Crippen molar-refractivity contribution >= 4 is 17.5 Å². The second kappa shape index (κ2) is 9.45. The molecule has 1 fully saturated rings. The van der Waals surface area contributed by atoms with Gasteiger partial charge in [0.25, 0.3) is 5.91 Å². The van der Waals surface area contributed by atoms with Crippen LogP contribution in [0.5, 0.6) is 5.75 Å². The summed E-state index contributed by atoms with van der Waals surface area (Å²) >= 11 is 0. The van der Waals surface area contributed by atoms with Gasteiger partial charge in [0.15, 0.2) is 6.10 Å². The van der Waals surface area contributed by atoms with Crippen LogP contribution in [0.1, 0.15) is 18.5 Å². The molecule has 0 spiro atoms. The zero-order valence-electron chi connectivity index (χ0n) is 17.4. The van der Waals surface area contributed by atoms with E-state index in [9.17, 15) is 14.0 Å². The Morgan fingerprint density at radius 2 is 1.87 bits per heavy atom. The summed E-state index contributed by atoms with van der Waals surface area (Å²) in [6.07, 6.45) is -0.650. The van der Waals surface area contributed by atoms with Crippen LogP contribution in [-0.4, -0.2) is 62.2 Å². The fourth-order valence-corrected chi connectivity index (χ4v) is 3.96. The van der Waals surface area contributed by atoms with Crippen LogP contribution in [0.3, 0.4) is 0 Å². The molecular weight excluding hydrogens is 401 g/mol. The molecule has 0 aromatic heterocycles. The molecule has 2 aromatic rings. The number of rotatable bonds is 6. The van der Waals surface area contributed by atoms with Crippen molar-refractivity contribution in [1.29, 1.82) is 0 Å². The third-order valence-electron chi connectivity index (χ3n) is 5.61. The van der Waals surface area contributed by atoms with Crippen molar-refractivity contribution in [1.82, 2.24) is 10.2 Å². The van der Waals surface area contributed by atoms with Gasteiger partial charge in [-0.3, -0.25) is 19.4 Å². The van der Waals surface area contributed by atoms with E-state index in [1.165, 1.54) is 17.0 Å². The molecule has 2 heterocycles. The number of anilines is 1. The fourth-order valence-electron chi connectivity index (χ4n) is 3.96. The van der Waals surface area contributed by atoms with Crippen LogP contribution in [0, 0.1) is 5.82 Å². The van der Waals surface area contributed by atoms with Crippen LogP contribution < -0.4 is 15.0 Å². The number of halogens is 1. The number of carbonyl (C=O) groups excluding carboxylic acids is 2. The molecule has 1 saturated heterocycles. The molecule has 1 N–H and O–H groups in total. The Morgan fingerprint density at radius 1 is 1.16 bits per heavy atom. The third-order valence-corrected chi connectivity index (χ3v) is 5.61. The summed E-state index contributed by atoms with van der Waals surface area (Å²) in [7, 11) is 0. The molecule has 0 aliphatic carbocycles. The molecule has 2 atom stereocenters. The fraction of sp³-hybridized carbons (Fsp3) is 0.391. The highest BCUT2D eigenvalue weighted by Crippen LogP contribution is 2.33. The minimum atomic E-state index is -0.650. The molecule has 8 heteroatoms. The number of para-hydroxylation sites is 2. The lowest BCUT2D eigenvalue weighted by Gasteiger charge is -2.35. The lowest BCUT2D eigenvalue weighted by Crippen LogP contribution is -2.50. The molecular formula is C23H26FN3O4. The molecule has 4 rings (SSSR count). The van der Waals surface area contributed by atoms with Crippen molar-refractivity contribution < 1.29 is 23.5 Å². The quantitative estimate of drug-likeness (QED) is 0.765. The minimum Gasteiger partial charge on any atom is -0.479 e. The van der Waals surface area contributed by atoms with Gasteiger partial charge < -0.3 is 14.8 Å². The van der Waals surface area contributed by atoms with Gasteiger partial charge in [0.1, 0.15) is 18.1 Å². The number of hydrogen-bond acceptors (Lipinski definition) is 5. The van der Waals surface area contributed by atoms with Crippen LogP contribution in [0.25, 0.3) is 0 Å². The number of carbonyl (C=O) groups is 2. The van der Waals surface area contributed by atoms with Gasteiger partial charge in [-0.15, -0.1) is 0 Å². The molecule has 2 aliphatic heterocycles. The predicted molar refractivity (Wildman–Crippen MR) is 113 cm³/mol. The second-order valence-corrected chi connectivity index (χ2v) is 7.67. The Labute approximate surface area is 180 Å². The normalized spacial score (nSPS) is 20.0. The molecule has 2 aliphatic rings. The summed E-state index contributed by atoms with van der Waals surface area (Å²) in [5, 5.41) is 2.96. The number of morpholine rings is 1. The van der Waals surface area contributed by atoms with E-state index in [0.717, 1.165) is 18.7 Å². The van der Waals surface area contributed by atoms with E-state index in [2.05, 4.69) is 10.2 Å². The molecule has 7 nitrogen and oxygen atoms in total. The highest BCUT2D eigenvalue weighted by Gasteiger charge is 2.32. The standard InChI is InChI=1S/C23H26FN3O4/c1-16-23(29)27(19-4-2-3-5-21(19)31-16)15-22(28)25-14-20(26-10-12-30-13-11-26)17-6-8-18(24)9-7-17/h2-9,16,20H,10-15H2,1H3,(H,25,28)/t16-,20-/m1/s1. The Kier molecular flexibility index (Phi) is 6.48. The summed E-state index contributed by atoms with van der Waals surface area (Å²) < 4.78 is 24.5. The number of benzene rings is 2. The molecule has 0 saturated carbocycles. The van der Waals surface area contributed by atoms with E-state index < -0.39 is 6.10 Å². The third kappa shape index (κ3) is 4.86. The smallest absolute Gasteiger partial charge is 0.268 e. The SMILES string of the molecule is C[C@H]1Oc2ccccc2N(CC(=O)NC[C@H](c2ccc(F)cc2)N2CCOCC2)C1=O. The zero-order valence-corrected chi connectivity index (χ0v) is 17.4. The van der Waals surface area contributed by atoms with Gasteiger partial charge in [-0.1, -0.05) is 24.3 Å². The van der Waals surface area contributed by atoms with Gasteiger partial charge in [-0.05, 0) is 36.8 Å². The van der Waals surface area contributed by atoms with Gasteiger partial charge in [-0.2, -0.15) is 0 Å². The van der Waals surface area contributed by atoms with Crippen molar-refractivity contribution in [3.63, 3.8) is 0 Å². The number of hydrogen-bond donors (Lipinski definition) is 1. The Hall–Kier alpha value is -2.97. The first-order chi connectivity index (χ1) is 15.0. The highest BCUT2D eigenvalue weighted by molar-refractivity contribution is 6.03. The van der Waals surface area contributed by atoms with Crippen molar-refractivity contribution in [2.75, 3.05) is 44.3 Å². The Bertz CT molecular complexity index is 931. The van der Waals surface area contributed by atoms with Gasteiger partial charge in [0.2, 0.25) is 5.91 Å². The maximum absolute atomic E-state index is 13.4. The van der Waals surface area contributed by atoms with E-state index >= 15 is 0 Å². The first-order valence-electron chi connectivity index (χ1n) is 10.4. The molecule has 0 bridgehead atoms.